The van der Waals surface area contributed by atoms with Gasteiger partial charge in [-0.05, 0) is 29.7 Å². The first kappa shape index (κ1) is 20.5. The van der Waals surface area contributed by atoms with Gasteiger partial charge in [0.05, 0.1) is 18.7 Å². The SMILES string of the molecule is O=C(c1ccc2cn(CCC(c3ccccc3)c3ccccc3)nc2c1)N1CCOCC1. The maximum absolute atomic E-state index is 12.8. The summed E-state index contributed by atoms with van der Waals surface area (Å²) in [5.41, 5.74) is 4.18. The van der Waals surface area contributed by atoms with Crippen LogP contribution in [0.15, 0.2) is 85.1 Å². The molecule has 1 aliphatic heterocycles. The van der Waals surface area contributed by atoms with E-state index in [0.29, 0.717) is 37.8 Å². The molecular weight excluding hydrogens is 398 g/mol. The summed E-state index contributed by atoms with van der Waals surface area (Å²) in [5.74, 6) is 0.362. The summed E-state index contributed by atoms with van der Waals surface area (Å²) < 4.78 is 7.37. The first-order valence-electron chi connectivity index (χ1n) is 11.2. The molecule has 0 bridgehead atoms. The van der Waals surface area contributed by atoms with E-state index in [9.17, 15) is 4.79 Å². The van der Waals surface area contributed by atoms with Crippen molar-refractivity contribution in [2.45, 2.75) is 18.9 Å². The Morgan fingerprint density at radius 3 is 2.22 bits per heavy atom. The second kappa shape index (κ2) is 9.37. The maximum Gasteiger partial charge on any atom is 0.254 e. The van der Waals surface area contributed by atoms with Crippen molar-refractivity contribution >= 4 is 16.8 Å². The number of carbonyl (C=O) groups excluding carboxylic acids is 1. The standard InChI is InChI=1S/C27H27N3O2/c31-27(29-15-17-32-18-16-29)23-11-12-24-20-30(28-26(24)19-23)14-13-25(21-7-3-1-4-8-21)22-9-5-2-6-10-22/h1-12,19-20,25H,13-18H2. The van der Waals surface area contributed by atoms with Crippen LogP contribution in [0.1, 0.15) is 33.8 Å². The smallest absolute Gasteiger partial charge is 0.254 e. The second-order valence-corrected chi connectivity index (χ2v) is 8.23. The van der Waals surface area contributed by atoms with E-state index in [1.807, 2.05) is 27.8 Å². The van der Waals surface area contributed by atoms with Crippen molar-refractivity contribution in [1.29, 1.82) is 0 Å². The molecule has 1 amide bonds. The molecule has 32 heavy (non-hydrogen) atoms. The lowest BCUT2D eigenvalue weighted by Crippen LogP contribution is -2.40. The first-order valence-corrected chi connectivity index (χ1v) is 11.2. The minimum absolute atomic E-state index is 0.0537. The van der Waals surface area contributed by atoms with E-state index in [1.165, 1.54) is 11.1 Å². The molecule has 5 heteroatoms. The number of amides is 1. The van der Waals surface area contributed by atoms with E-state index < -0.39 is 0 Å². The topological polar surface area (TPSA) is 47.4 Å². The molecular formula is C27H27N3O2. The Bertz CT molecular complexity index is 1140. The fourth-order valence-electron chi connectivity index (χ4n) is 4.42. The van der Waals surface area contributed by atoms with Crippen LogP contribution in [0.3, 0.4) is 0 Å². The highest BCUT2D eigenvalue weighted by Gasteiger charge is 2.19. The van der Waals surface area contributed by atoms with Gasteiger partial charge in [-0.1, -0.05) is 66.7 Å². The fourth-order valence-corrected chi connectivity index (χ4v) is 4.42. The summed E-state index contributed by atoms with van der Waals surface area (Å²) >= 11 is 0. The van der Waals surface area contributed by atoms with Crippen LogP contribution in [0, 0.1) is 0 Å². The van der Waals surface area contributed by atoms with Gasteiger partial charge in [-0.25, -0.2) is 0 Å². The Morgan fingerprint density at radius 2 is 1.56 bits per heavy atom. The number of nitrogens with zero attached hydrogens (tertiary/aromatic N) is 3. The molecule has 4 aromatic rings. The van der Waals surface area contributed by atoms with Gasteiger partial charge in [-0.2, -0.15) is 5.10 Å². The monoisotopic (exact) mass is 425 g/mol. The lowest BCUT2D eigenvalue weighted by atomic mass is 9.88. The third kappa shape index (κ3) is 4.43. The molecule has 0 N–H and O–H groups in total. The molecule has 5 nitrogen and oxygen atoms in total. The lowest BCUT2D eigenvalue weighted by Gasteiger charge is -2.26. The van der Waals surface area contributed by atoms with E-state index in [-0.39, 0.29) is 5.91 Å². The van der Waals surface area contributed by atoms with E-state index >= 15 is 0 Å². The Kier molecular flexibility index (Phi) is 5.99. The maximum atomic E-state index is 12.8. The summed E-state index contributed by atoms with van der Waals surface area (Å²) in [5, 5.41) is 5.84. The number of fused-ring (bicyclic) bond motifs is 1. The summed E-state index contributed by atoms with van der Waals surface area (Å²) in [4.78, 5) is 14.7. The molecule has 2 heterocycles. The number of aryl methyl sites for hydroxylation is 1. The zero-order valence-electron chi connectivity index (χ0n) is 18.1. The van der Waals surface area contributed by atoms with Gasteiger partial charge in [0.15, 0.2) is 0 Å². The Hall–Kier alpha value is -3.44. The lowest BCUT2D eigenvalue weighted by molar-refractivity contribution is 0.0303. The summed E-state index contributed by atoms with van der Waals surface area (Å²) in [6.07, 6.45) is 3.02. The average molecular weight is 426 g/mol. The van der Waals surface area contributed by atoms with E-state index in [1.54, 1.807) is 0 Å². The highest BCUT2D eigenvalue weighted by atomic mass is 16.5. The number of ether oxygens (including phenoxy) is 1. The van der Waals surface area contributed by atoms with E-state index in [2.05, 4.69) is 66.9 Å². The zero-order chi connectivity index (χ0) is 21.8. The van der Waals surface area contributed by atoms with Crippen molar-refractivity contribution in [1.82, 2.24) is 14.7 Å². The van der Waals surface area contributed by atoms with Crippen LogP contribution >= 0.6 is 0 Å². The van der Waals surface area contributed by atoms with Crippen LogP contribution in [0.4, 0.5) is 0 Å². The van der Waals surface area contributed by atoms with Crippen molar-refractivity contribution < 1.29 is 9.53 Å². The van der Waals surface area contributed by atoms with Crippen molar-refractivity contribution in [2.75, 3.05) is 26.3 Å². The third-order valence-electron chi connectivity index (χ3n) is 6.15. The van der Waals surface area contributed by atoms with Crippen LogP contribution in [0.5, 0.6) is 0 Å². The molecule has 0 atom stereocenters. The van der Waals surface area contributed by atoms with Gasteiger partial charge < -0.3 is 9.64 Å². The van der Waals surface area contributed by atoms with Crippen molar-refractivity contribution in [3.05, 3.63) is 102 Å². The normalized spacial score (nSPS) is 14.2. The van der Waals surface area contributed by atoms with Crippen LogP contribution in [0.2, 0.25) is 0 Å². The molecule has 0 saturated carbocycles. The number of benzene rings is 3. The number of hydrogen-bond donors (Lipinski definition) is 0. The summed E-state index contributed by atoms with van der Waals surface area (Å²) in [6.45, 7) is 3.30. The number of carbonyl (C=O) groups is 1. The van der Waals surface area contributed by atoms with Crippen LogP contribution < -0.4 is 0 Å². The van der Waals surface area contributed by atoms with Gasteiger partial charge in [-0.15, -0.1) is 0 Å². The van der Waals surface area contributed by atoms with Crippen molar-refractivity contribution in [2.24, 2.45) is 0 Å². The summed E-state index contributed by atoms with van der Waals surface area (Å²) in [6, 6.07) is 27.1. The molecule has 162 valence electrons. The Labute approximate surface area is 188 Å². The minimum atomic E-state index is 0.0537. The van der Waals surface area contributed by atoms with Gasteiger partial charge in [-0.3, -0.25) is 9.48 Å². The van der Waals surface area contributed by atoms with Gasteiger partial charge >= 0.3 is 0 Å². The predicted octanol–water partition coefficient (Wildman–Crippen LogP) is 4.73. The quantitative estimate of drug-likeness (QED) is 0.449. The number of rotatable bonds is 6. The molecule has 3 aromatic carbocycles. The first-order chi connectivity index (χ1) is 15.8. The number of hydrogen-bond acceptors (Lipinski definition) is 3. The number of aromatic nitrogens is 2. The highest BCUT2D eigenvalue weighted by Crippen LogP contribution is 2.28. The molecule has 5 rings (SSSR count). The average Bonchev–Trinajstić information content (AvgIpc) is 3.28. The molecule has 1 aromatic heterocycles. The molecule has 0 aliphatic carbocycles. The second-order valence-electron chi connectivity index (χ2n) is 8.23. The molecule has 1 saturated heterocycles. The van der Waals surface area contributed by atoms with Gasteiger partial charge in [0.25, 0.3) is 5.91 Å². The van der Waals surface area contributed by atoms with Gasteiger partial charge in [0.2, 0.25) is 0 Å². The highest BCUT2D eigenvalue weighted by molar-refractivity contribution is 5.97. The van der Waals surface area contributed by atoms with Crippen molar-refractivity contribution in [3.63, 3.8) is 0 Å². The van der Waals surface area contributed by atoms with E-state index in [0.717, 1.165) is 23.9 Å². The third-order valence-corrected chi connectivity index (χ3v) is 6.15. The molecule has 1 fully saturated rings. The summed E-state index contributed by atoms with van der Waals surface area (Å²) in [7, 11) is 0. The van der Waals surface area contributed by atoms with Crippen LogP contribution in [-0.2, 0) is 11.3 Å². The number of morpholine rings is 1. The van der Waals surface area contributed by atoms with Crippen LogP contribution in [0.25, 0.3) is 10.9 Å². The molecule has 0 radical (unpaired) electrons. The van der Waals surface area contributed by atoms with Crippen molar-refractivity contribution in [3.8, 4) is 0 Å². The molecule has 0 unspecified atom stereocenters. The fraction of sp³-hybridized carbons (Fsp3) is 0.259. The minimum Gasteiger partial charge on any atom is -0.378 e. The zero-order valence-corrected chi connectivity index (χ0v) is 18.1. The molecule has 0 spiro atoms. The Morgan fingerprint density at radius 1 is 0.906 bits per heavy atom. The Balaban J connectivity index is 1.34. The van der Waals surface area contributed by atoms with E-state index in [4.69, 9.17) is 9.84 Å². The van der Waals surface area contributed by atoms with Gasteiger partial charge in [0.1, 0.15) is 0 Å². The molecule has 1 aliphatic rings. The van der Waals surface area contributed by atoms with Gasteiger partial charge in [0, 0.05) is 42.7 Å². The largest absolute Gasteiger partial charge is 0.378 e. The van der Waals surface area contributed by atoms with Crippen LogP contribution in [-0.4, -0.2) is 46.9 Å². The predicted molar refractivity (Wildman–Crippen MR) is 126 cm³/mol.